The Balaban J connectivity index is 2.31. The summed E-state index contributed by atoms with van der Waals surface area (Å²) in [7, 11) is 1.45. The molecule has 0 aliphatic heterocycles. The molecule has 5 nitrogen and oxygen atoms in total. The summed E-state index contributed by atoms with van der Waals surface area (Å²) in [6.07, 6.45) is 1.64. The first-order chi connectivity index (χ1) is 9.02. The van der Waals surface area contributed by atoms with Crippen molar-refractivity contribution in [3.63, 3.8) is 0 Å². The van der Waals surface area contributed by atoms with E-state index in [1.165, 1.54) is 19.2 Å². The quantitative estimate of drug-likeness (QED) is 0.886. The van der Waals surface area contributed by atoms with Crippen LogP contribution < -0.4 is 9.47 Å². The van der Waals surface area contributed by atoms with Crippen molar-refractivity contribution in [1.29, 1.82) is 0 Å². The third kappa shape index (κ3) is 3.01. The number of rotatable bonds is 4. The van der Waals surface area contributed by atoms with E-state index in [1.807, 2.05) is 0 Å². The second-order valence-corrected chi connectivity index (χ2v) is 5.30. The number of halogens is 1. The highest BCUT2D eigenvalue weighted by atomic mass is 79.9. The Morgan fingerprint density at radius 2 is 2.16 bits per heavy atom. The maximum atomic E-state index is 11.0. The van der Waals surface area contributed by atoms with Crippen LogP contribution in [-0.2, 0) is 0 Å². The third-order valence-electron chi connectivity index (χ3n) is 3.16. The molecule has 2 rings (SSSR count). The van der Waals surface area contributed by atoms with Gasteiger partial charge in [-0.05, 0) is 47.3 Å². The fraction of sp³-hybridized carbons (Fsp3) is 0.462. The summed E-state index contributed by atoms with van der Waals surface area (Å²) in [5.74, 6) is -0.268. The highest BCUT2D eigenvalue weighted by molar-refractivity contribution is 9.10. The summed E-state index contributed by atoms with van der Waals surface area (Å²) in [4.78, 5) is 11.0. The molecule has 2 unspecified atom stereocenters. The van der Waals surface area contributed by atoms with Crippen molar-refractivity contribution in [3.05, 3.63) is 22.2 Å². The molecule has 2 N–H and O–H groups in total. The van der Waals surface area contributed by atoms with Crippen LogP contribution in [0.5, 0.6) is 11.5 Å². The molecule has 0 aromatic heterocycles. The number of methoxy groups -OCH3 is 1. The van der Waals surface area contributed by atoms with Crippen LogP contribution in [0.3, 0.4) is 0 Å². The summed E-state index contributed by atoms with van der Waals surface area (Å²) < 4.78 is 11.4. The molecule has 1 aliphatic rings. The first-order valence-corrected chi connectivity index (χ1v) is 6.77. The number of carboxylic acid groups (broad SMARTS) is 1. The third-order valence-corrected chi connectivity index (χ3v) is 3.75. The monoisotopic (exact) mass is 330 g/mol. The molecule has 0 amide bonds. The van der Waals surface area contributed by atoms with Crippen LogP contribution in [0.1, 0.15) is 29.6 Å². The number of hydrogen-bond donors (Lipinski definition) is 2. The average molecular weight is 331 g/mol. The van der Waals surface area contributed by atoms with Crippen molar-refractivity contribution >= 4 is 21.9 Å². The molecular weight excluding hydrogens is 316 g/mol. The minimum atomic E-state index is -1.04. The number of benzene rings is 1. The molecule has 1 aromatic carbocycles. The van der Waals surface area contributed by atoms with Crippen LogP contribution in [-0.4, -0.2) is 35.5 Å². The van der Waals surface area contributed by atoms with Crippen molar-refractivity contribution in [2.75, 3.05) is 7.11 Å². The Morgan fingerprint density at radius 1 is 1.42 bits per heavy atom. The Morgan fingerprint density at radius 3 is 2.68 bits per heavy atom. The van der Waals surface area contributed by atoms with Gasteiger partial charge in [0.05, 0.1) is 23.2 Å². The number of aromatic carboxylic acids is 1. The lowest BCUT2D eigenvalue weighted by Gasteiger charge is -2.20. The standard InChI is InChI=1S/C13H15BrO5/c1-18-11-6-7(13(16)17)5-8(14)12(11)19-10-4-2-3-9(10)15/h5-6,9-10,15H,2-4H2,1H3,(H,16,17). The number of aliphatic hydroxyl groups is 1. The minimum absolute atomic E-state index is 0.114. The molecule has 0 saturated heterocycles. The molecule has 1 fully saturated rings. The van der Waals surface area contributed by atoms with Crippen LogP contribution >= 0.6 is 15.9 Å². The van der Waals surface area contributed by atoms with Crippen LogP contribution in [0.4, 0.5) is 0 Å². The summed E-state index contributed by atoms with van der Waals surface area (Å²) in [6.45, 7) is 0. The van der Waals surface area contributed by atoms with Crippen molar-refractivity contribution < 1.29 is 24.5 Å². The molecule has 104 valence electrons. The first-order valence-electron chi connectivity index (χ1n) is 5.98. The summed E-state index contributed by atoms with van der Waals surface area (Å²) in [5.41, 5.74) is 0.114. The average Bonchev–Trinajstić information content (AvgIpc) is 2.77. The molecule has 19 heavy (non-hydrogen) atoms. The lowest BCUT2D eigenvalue weighted by atomic mass is 10.2. The summed E-state index contributed by atoms with van der Waals surface area (Å²) in [5, 5.41) is 18.8. The molecule has 0 spiro atoms. The molecule has 1 aromatic rings. The SMILES string of the molecule is COc1cc(C(=O)O)cc(Br)c1OC1CCCC1O. The van der Waals surface area contributed by atoms with Gasteiger partial charge in [-0.25, -0.2) is 4.79 Å². The van der Waals surface area contributed by atoms with Crippen LogP contribution in [0, 0.1) is 0 Å². The number of ether oxygens (including phenoxy) is 2. The molecule has 0 bridgehead atoms. The van der Waals surface area contributed by atoms with E-state index in [0.29, 0.717) is 16.0 Å². The maximum Gasteiger partial charge on any atom is 0.335 e. The van der Waals surface area contributed by atoms with Gasteiger partial charge in [0.15, 0.2) is 11.5 Å². The second kappa shape index (κ2) is 5.79. The number of carbonyl (C=O) groups is 1. The number of hydrogen-bond acceptors (Lipinski definition) is 4. The topological polar surface area (TPSA) is 76.0 Å². The Hall–Kier alpha value is -1.27. The van der Waals surface area contributed by atoms with Gasteiger partial charge in [0.25, 0.3) is 0 Å². The fourth-order valence-electron chi connectivity index (χ4n) is 2.15. The van der Waals surface area contributed by atoms with Gasteiger partial charge in [-0.3, -0.25) is 0 Å². The van der Waals surface area contributed by atoms with Gasteiger partial charge in [0, 0.05) is 0 Å². The first kappa shape index (κ1) is 14.1. The van der Waals surface area contributed by atoms with E-state index in [0.717, 1.165) is 19.3 Å². The van der Waals surface area contributed by atoms with Gasteiger partial charge in [0.2, 0.25) is 0 Å². The van der Waals surface area contributed by atoms with Crippen LogP contribution in [0.15, 0.2) is 16.6 Å². The van der Waals surface area contributed by atoms with Gasteiger partial charge in [-0.15, -0.1) is 0 Å². The zero-order valence-corrected chi connectivity index (χ0v) is 12.0. The molecule has 0 radical (unpaired) electrons. The molecule has 6 heteroatoms. The molecular formula is C13H15BrO5. The zero-order chi connectivity index (χ0) is 14.0. The van der Waals surface area contributed by atoms with Gasteiger partial charge >= 0.3 is 5.97 Å². The predicted octanol–water partition coefficient (Wildman–Crippen LogP) is 2.45. The van der Waals surface area contributed by atoms with Crippen molar-refractivity contribution in [1.82, 2.24) is 0 Å². The Labute approximate surface area is 119 Å². The van der Waals surface area contributed by atoms with Crippen LogP contribution in [0.25, 0.3) is 0 Å². The highest BCUT2D eigenvalue weighted by Gasteiger charge is 2.29. The molecule has 0 heterocycles. The lowest BCUT2D eigenvalue weighted by Crippen LogP contribution is -2.26. The Kier molecular flexibility index (Phi) is 4.31. The smallest absolute Gasteiger partial charge is 0.335 e. The maximum absolute atomic E-state index is 11.0. The lowest BCUT2D eigenvalue weighted by molar-refractivity contribution is 0.0579. The van der Waals surface area contributed by atoms with E-state index in [4.69, 9.17) is 14.6 Å². The number of carboxylic acids is 1. The van der Waals surface area contributed by atoms with Gasteiger partial charge < -0.3 is 19.7 Å². The largest absolute Gasteiger partial charge is 0.493 e. The predicted molar refractivity (Wildman–Crippen MR) is 71.9 cm³/mol. The van der Waals surface area contributed by atoms with Gasteiger partial charge in [0.1, 0.15) is 6.10 Å². The van der Waals surface area contributed by atoms with E-state index in [-0.39, 0.29) is 11.7 Å². The van der Waals surface area contributed by atoms with E-state index < -0.39 is 12.1 Å². The van der Waals surface area contributed by atoms with Crippen molar-refractivity contribution in [2.45, 2.75) is 31.5 Å². The normalized spacial score (nSPS) is 22.3. The Bertz CT molecular complexity index is 488. The fourth-order valence-corrected chi connectivity index (χ4v) is 2.69. The summed E-state index contributed by atoms with van der Waals surface area (Å²) >= 11 is 3.28. The van der Waals surface area contributed by atoms with Crippen LogP contribution in [0.2, 0.25) is 0 Å². The molecule has 2 atom stereocenters. The van der Waals surface area contributed by atoms with E-state index >= 15 is 0 Å². The zero-order valence-electron chi connectivity index (χ0n) is 10.4. The van der Waals surface area contributed by atoms with Crippen molar-refractivity contribution in [3.8, 4) is 11.5 Å². The molecule has 1 saturated carbocycles. The summed E-state index contributed by atoms with van der Waals surface area (Å²) in [6, 6.07) is 2.87. The van der Waals surface area contributed by atoms with Crippen molar-refractivity contribution in [2.24, 2.45) is 0 Å². The van der Waals surface area contributed by atoms with Gasteiger partial charge in [-0.1, -0.05) is 0 Å². The number of aliphatic hydroxyl groups excluding tert-OH is 1. The van der Waals surface area contributed by atoms with E-state index in [9.17, 15) is 9.90 Å². The van der Waals surface area contributed by atoms with Gasteiger partial charge in [-0.2, -0.15) is 0 Å². The second-order valence-electron chi connectivity index (χ2n) is 4.45. The van der Waals surface area contributed by atoms with E-state index in [1.54, 1.807) is 0 Å². The minimum Gasteiger partial charge on any atom is -0.493 e. The highest BCUT2D eigenvalue weighted by Crippen LogP contribution is 2.39. The van der Waals surface area contributed by atoms with E-state index in [2.05, 4.69) is 15.9 Å². The molecule has 1 aliphatic carbocycles.